The molecule has 4 nitrogen and oxygen atoms in total. The maximum absolute atomic E-state index is 12.5. The van der Waals surface area contributed by atoms with Crippen molar-refractivity contribution in [1.29, 1.82) is 0 Å². The van der Waals surface area contributed by atoms with E-state index in [9.17, 15) is 23.1 Å². The second-order valence-corrected chi connectivity index (χ2v) is 4.93. The largest absolute Gasteiger partial charge is 0.465 e. The number of aliphatic hydroxyl groups is 1. The lowest BCUT2D eigenvalue weighted by Crippen LogP contribution is -2.08. The molecule has 1 N–H and O–H groups in total. The molecule has 1 unspecified atom stereocenters. The third-order valence-electron chi connectivity index (χ3n) is 2.82. The molecule has 8 heteroatoms. The fourth-order valence-corrected chi connectivity index (χ4v) is 2.42. The minimum atomic E-state index is -4.44. The lowest BCUT2D eigenvalue weighted by Gasteiger charge is -2.12. The Labute approximate surface area is 122 Å². The number of carbonyl (C=O) groups excluding carboxylic acids is 1. The maximum atomic E-state index is 12.5. The molecular weight excluding hydrogens is 307 g/mol. The van der Waals surface area contributed by atoms with E-state index in [0.717, 1.165) is 35.8 Å². The van der Waals surface area contributed by atoms with Crippen LogP contribution in [-0.2, 0) is 10.9 Å². The van der Waals surface area contributed by atoms with Gasteiger partial charge in [0.25, 0.3) is 0 Å². The van der Waals surface area contributed by atoms with Crippen LogP contribution in [0.1, 0.15) is 32.5 Å². The van der Waals surface area contributed by atoms with E-state index in [2.05, 4.69) is 9.11 Å². The molecule has 1 aromatic carbocycles. The average molecular weight is 317 g/mol. The van der Waals surface area contributed by atoms with Crippen LogP contribution in [0.25, 0.3) is 0 Å². The average Bonchev–Trinajstić information content (AvgIpc) is 2.94. The molecule has 1 heterocycles. The fraction of sp³-hybridized carbons (Fsp3) is 0.231. The summed E-state index contributed by atoms with van der Waals surface area (Å²) in [4.78, 5) is 11.6. The summed E-state index contributed by atoms with van der Waals surface area (Å²) in [5.41, 5.74) is -0.380. The highest BCUT2D eigenvalue weighted by molar-refractivity contribution is 7.08. The number of rotatable bonds is 3. The molecular formula is C13H10F3NO3S. The van der Waals surface area contributed by atoms with Crippen LogP contribution in [0.5, 0.6) is 0 Å². The fourth-order valence-electron chi connectivity index (χ4n) is 1.72. The highest BCUT2D eigenvalue weighted by atomic mass is 32.1. The molecule has 1 atom stereocenters. The summed E-state index contributed by atoms with van der Waals surface area (Å²) >= 11 is 0.848. The zero-order valence-electron chi connectivity index (χ0n) is 10.7. The first-order valence-corrected chi connectivity index (χ1v) is 6.50. The number of esters is 1. The van der Waals surface area contributed by atoms with Gasteiger partial charge in [-0.3, -0.25) is 0 Å². The first-order chi connectivity index (χ1) is 9.84. The molecule has 0 aliphatic rings. The van der Waals surface area contributed by atoms with E-state index in [0.29, 0.717) is 0 Å². The first-order valence-electron chi connectivity index (χ1n) is 5.72. The number of aliphatic hydroxyl groups excluding tert-OH is 1. The van der Waals surface area contributed by atoms with Gasteiger partial charge in [0.15, 0.2) is 0 Å². The van der Waals surface area contributed by atoms with Crippen LogP contribution in [0.2, 0.25) is 0 Å². The Bertz CT molecular complexity index is 637. The van der Waals surface area contributed by atoms with Gasteiger partial charge in [-0.05, 0) is 29.2 Å². The zero-order valence-corrected chi connectivity index (χ0v) is 11.5. The van der Waals surface area contributed by atoms with Crippen LogP contribution in [0.3, 0.4) is 0 Å². The molecule has 0 spiro atoms. The van der Waals surface area contributed by atoms with Crippen molar-refractivity contribution < 1.29 is 27.8 Å². The van der Waals surface area contributed by atoms with E-state index >= 15 is 0 Å². The van der Waals surface area contributed by atoms with Crippen LogP contribution in [0.15, 0.2) is 30.5 Å². The van der Waals surface area contributed by atoms with Crippen LogP contribution >= 0.6 is 11.5 Å². The maximum Gasteiger partial charge on any atom is 0.416 e. The number of benzene rings is 1. The molecule has 0 saturated carbocycles. The minimum absolute atomic E-state index is 0.116. The van der Waals surface area contributed by atoms with Crippen molar-refractivity contribution in [3.05, 3.63) is 52.0 Å². The van der Waals surface area contributed by atoms with E-state index in [1.165, 1.54) is 13.3 Å². The standard InChI is InChI=1S/C13H10F3NO3S/c1-20-12(19)11-9(6-17-21-11)10(18)7-2-4-8(5-3-7)13(14,15)16/h2-6,10,18H,1H3. The van der Waals surface area contributed by atoms with Crippen molar-refractivity contribution in [2.75, 3.05) is 7.11 Å². The summed E-state index contributed by atoms with van der Waals surface area (Å²) in [5, 5.41) is 10.2. The van der Waals surface area contributed by atoms with Gasteiger partial charge in [0.1, 0.15) is 11.0 Å². The smallest absolute Gasteiger partial charge is 0.416 e. The van der Waals surface area contributed by atoms with Gasteiger partial charge >= 0.3 is 12.1 Å². The predicted octanol–water partition coefficient (Wildman–Crippen LogP) is 3.03. The van der Waals surface area contributed by atoms with E-state index in [1.807, 2.05) is 0 Å². The van der Waals surface area contributed by atoms with Gasteiger partial charge in [0.05, 0.1) is 12.7 Å². The van der Waals surface area contributed by atoms with E-state index < -0.39 is 23.8 Å². The Kier molecular flexibility index (Phi) is 4.29. The molecule has 0 aliphatic heterocycles. The molecule has 2 rings (SSSR count). The van der Waals surface area contributed by atoms with Gasteiger partial charge in [-0.15, -0.1) is 0 Å². The molecule has 0 amide bonds. The van der Waals surface area contributed by atoms with Crippen molar-refractivity contribution in [2.45, 2.75) is 12.3 Å². The normalized spacial score (nSPS) is 13.0. The third kappa shape index (κ3) is 3.22. The number of alkyl halides is 3. The topological polar surface area (TPSA) is 59.4 Å². The van der Waals surface area contributed by atoms with Crippen LogP contribution in [-0.4, -0.2) is 22.6 Å². The second kappa shape index (κ2) is 5.82. The Morgan fingerprint density at radius 1 is 1.33 bits per heavy atom. The Morgan fingerprint density at radius 2 is 1.95 bits per heavy atom. The van der Waals surface area contributed by atoms with Gasteiger partial charge in [-0.2, -0.15) is 17.5 Å². The summed E-state index contributed by atoms with van der Waals surface area (Å²) in [5.74, 6) is -0.654. The Hall–Kier alpha value is -1.93. The van der Waals surface area contributed by atoms with E-state index in [-0.39, 0.29) is 16.0 Å². The minimum Gasteiger partial charge on any atom is -0.465 e. The molecule has 21 heavy (non-hydrogen) atoms. The SMILES string of the molecule is COC(=O)c1sncc1C(O)c1ccc(C(F)(F)F)cc1. The first kappa shape index (κ1) is 15.5. The highest BCUT2D eigenvalue weighted by Crippen LogP contribution is 2.32. The van der Waals surface area contributed by atoms with Gasteiger partial charge in [0, 0.05) is 11.8 Å². The summed E-state index contributed by atoms with van der Waals surface area (Å²) < 4.78 is 45.8. The van der Waals surface area contributed by atoms with Crippen molar-refractivity contribution in [2.24, 2.45) is 0 Å². The van der Waals surface area contributed by atoms with Gasteiger partial charge in [0.2, 0.25) is 0 Å². The molecule has 0 radical (unpaired) electrons. The number of aromatic nitrogens is 1. The summed E-state index contributed by atoms with van der Waals surface area (Å²) in [6, 6.07) is 4.06. The van der Waals surface area contributed by atoms with Crippen molar-refractivity contribution >= 4 is 17.5 Å². The number of carbonyl (C=O) groups is 1. The summed E-state index contributed by atoms with van der Waals surface area (Å²) in [6.07, 6.45) is -4.40. The van der Waals surface area contributed by atoms with Crippen LogP contribution in [0.4, 0.5) is 13.2 Å². The van der Waals surface area contributed by atoms with Crippen LogP contribution < -0.4 is 0 Å². The predicted molar refractivity (Wildman–Crippen MR) is 69.0 cm³/mol. The quantitative estimate of drug-likeness (QED) is 0.884. The molecule has 0 aliphatic carbocycles. The lowest BCUT2D eigenvalue weighted by atomic mass is 10.0. The monoisotopic (exact) mass is 317 g/mol. The van der Waals surface area contributed by atoms with Crippen LogP contribution in [0, 0.1) is 0 Å². The number of methoxy groups -OCH3 is 1. The number of halogens is 3. The zero-order chi connectivity index (χ0) is 15.6. The van der Waals surface area contributed by atoms with Gasteiger partial charge in [-0.25, -0.2) is 4.79 Å². The number of hydrogen-bond acceptors (Lipinski definition) is 5. The molecule has 0 bridgehead atoms. The van der Waals surface area contributed by atoms with E-state index in [1.54, 1.807) is 0 Å². The molecule has 112 valence electrons. The van der Waals surface area contributed by atoms with Crippen molar-refractivity contribution in [3.8, 4) is 0 Å². The molecule has 0 fully saturated rings. The van der Waals surface area contributed by atoms with Crippen molar-refractivity contribution in [1.82, 2.24) is 4.37 Å². The number of nitrogens with zero attached hydrogens (tertiary/aromatic N) is 1. The second-order valence-electron chi connectivity index (χ2n) is 4.12. The molecule has 1 aromatic heterocycles. The van der Waals surface area contributed by atoms with Crippen molar-refractivity contribution in [3.63, 3.8) is 0 Å². The lowest BCUT2D eigenvalue weighted by molar-refractivity contribution is -0.137. The summed E-state index contributed by atoms with van der Waals surface area (Å²) in [7, 11) is 1.19. The van der Waals surface area contributed by atoms with Gasteiger partial charge in [-0.1, -0.05) is 12.1 Å². The highest BCUT2D eigenvalue weighted by Gasteiger charge is 2.30. The molecule has 0 saturated heterocycles. The Balaban J connectivity index is 2.31. The Morgan fingerprint density at radius 3 is 2.48 bits per heavy atom. The van der Waals surface area contributed by atoms with Gasteiger partial charge < -0.3 is 9.84 Å². The molecule has 2 aromatic rings. The number of ether oxygens (including phenoxy) is 1. The number of hydrogen-bond donors (Lipinski definition) is 1. The third-order valence-corrected chi connectivity index (χ3v) is 3.61. The summed E-state index contributed by atoms with van der Waals surface area (Å²) in [6.45, 7) is 0. The van der Waals surface area contributed by atoms with E-state index in [4.69, 9.17) is 0 Å².